The van der Waals surface area contributed by atoms with Crippen molar-refractivity contribution in [3.63, 3.8) is 0 Å². The molecule has 3 aromatic carbocycles. The zero-order valence-corrected chi connectivity index (χ0v) is 21.1. The van der Waals surface area contributed by atoms with Gasteiger partial charge in [-0.25, -0.2) is 0 Å². The average Bonchev–Trinajstić information content (AvgIpc) is 2.83. The molecule has 5 nitrogen and oxygen atoms in total. The van der Waals surface area contributed by atoms with E-state index in [2.05, 4.69) is 4.18 Å². The fourth-order valence-corrected chi connectivity index (χ4v) is 4.05. The van der Waals surface area contributed by atoms with Gasteiger partial charge in [0.25, 0.3) is 0 Å². The van der Waals surface area contributed by atoms with Crippen LogP contribution in [0.25, 0.3) is 11.1 Å². The first-order valence-electron chi connectivity index (χ1n) is 11.3. The maximum atomic E-state index is 12.7. The number of hydrogen-bond donors (Lipinski definition) is 0. The van der Waals surface area contributed by atoms with Crippen molar-refractivity contribution in [2.45, 2.75) is 18.9 Å². The van der Waals surface area contributed by atoms with Gasteiger partial charge in [-0.1, -0.05) is 61.5 Å². The molecule has 0 aromatic heterocycles. The largest absolute Gasteiger partial charge is 0.534 e. The van der Waals surface area contributed by atoms with Gasteiger partial charge in [-0.15, -0.1) is 0 Å². The number of benzene rings is 3. The minimum Gasteiger partial charge on any atom is -0.492 e. The topological polar surface area (TPSA) is 55.8 Å². The van der Waals surface area contributed by atoms with Gasteiger partial charge >= 0.3 is 15.6 Å². The summed E-state index contributed by atoms with van der Waals surface area (Å²) in [6.07, 6.45) is 0.682. The molecule has 0 atom stereocenters. The van der Waals surface area contributed by atoms with E-state index in [4.69, 9.17) is 4.74 Å². The van der Waals surface area contributed by atoms with Gasteiger partial charge in [0, 0.05) is 6.54 Å². The molecule has 0 saturated carbocycles. The molecule has 36 heavy (non-hydrogen) atoms. The first-order chi connectivity index (χ1) is 17.0. The summed E-state index contributed by atoms with van der Waals surface area (Å²) in [5, 5.41) is 0. The van der Waals surface area contributed by atoms with Crippen LogP contribution in [-0.4, -0.2) is 46.1 Å². The van der Waals surface area contributed by atoms with Crippen molar-refractivity contribution in [1.29, 1.82) is 0 Å². The number of ether oxygens (including phenoxy) is 1. The number of halogens is 3. The Morgan fingerprint density at radius 1 is 0.806 bits per heavy atom. The lowest BCUT2D eigenvalue weighted by Gasteiger charge is -2.17. The van der Waals surface area contributed by atoms with Gasteiger partial charge < -0.3 is 13.8 Å². The Balaban J connectivity index is 2.01. The normalized spacial score (nSPS) is 12.9. The Hall–Kier alpha value is -3.30. The summed E-state index contributed by atoms with van der Waals surface area (Å²) in [5.74, 6) is 0.302. The highest BCUT2D eigenvalue weighted by molar-refractivity contribution is 7.88. The highest BCUT2D eigenvalue weighted by Crippen LogP contribution is 2.36. The summed E-state index contributed by atoms with van der Waals surface area (Å²) in [5.41, 5.74) is -1.03. The minimum absolute atomic E-state index is 0.419. The Labute approximate surface area is 209 Å². The molecule has 192 valence electrons. The molecule has 0 unspecified atom stereocenters. The van der Waals surface area contributed by atoms with E-state index in [9.17, 15) is 21.6 Å². The van der Waals surface area contributed by atoms with Gasteiger partial charge in [0.1, 0.15) is 18.1 Å². The molecule has 0 amide bonds. The molecule has 0 aliphatic carbocycles. The second-order valence-corrected chi connectivity index (χ2v) is 9.79. The fraction of sp³-hybridized carbons (Fsp3) is 0.259. The SMILES string of the molecule is CC/C(=C(/c1ccc(OCCN(C)C)cc1)c1ccc(OS(=O)(=O)C(F)(F)F)cc1)c1ccccc1. The third-order valence-corrected chi connectivity index (χ3v) is 6.34. The van der Waals surface area contributed by atoms with E-state index in [0.29, 0.717) is 18.6 Å². The molecule has 3 aromatic rings. The van der Waals surface area contributed by atoms with Gasteiger partial charge in [0.2, 0.25) is 0 Å². The van der Waals surface area contributed by atoms with Crippen molar-refractivity contribution < 1.29 is 30.5 Å². The smallest absolute Gasteiger partial charge is 0.492 e. The number of rotatable bonds is 10. The predicted octanol–water partition coefficient (Wildman–Crippen LogP) is 6.22. The Morgan fingerprint density at radius 2 is 1.33 bits per heavy atom. The lowest BCUT2D eigenvalue weighted by molar-refractivity contribution is -0.0500. The lowest BCUT2D eigenvalue weighted by Crippen LogP contribution is -2.28. The molecule has 0 saturated heterocycles. The van der Waals surface area contributed by atoms with E-state index >= 15 is 0 Å². The Bertz CT molecular complexity index is 1270. The van der Waals surface area contributed by atoms with Crippen molar-refractivity contribution in [2.24, 2.45) is 0 Å². The van der Waals surface area contributed by atoms with Gasteiger partial charge in [0.15, 0.2) is 0 Å². The Kier molecular flexibility index (Phi) is 8.81. The number of hydrogen-bond acceptors (Lipinski definition) is 5. The van der Waals surface area contributed by atoms with Crippen molar-refractivity contribution >= 4 is 21.3 Å². The molecule has 0 fully saturated rings. The fourth-order valence-electron chi connectivity index (χ4n) is 3.59. The summed E-state index contributed by atoms with van der Waals surface area (Å²) in [7, 11) is -1.81. The van der Waals surface area contributed by atoms with Crippen LogP contribution in [0.15, 0.2) is 78.9 Å². The number of allylic oxidation sites excluding steroid dienone is 1. The summed E-state index contributed by atoms with van der Waals surface area (Å²) in [6, 6.07) is 22.9. The summed E-state index contributed by atoms with van der Waals surface area (Å²) >= 11 is 0. The second kappa shape index (κ2) is 11.6. The molecule has 0 N–H and O–H groups in total. The van der Waals surface area contributed by atoms with Crippen molar-refractivity contribution in [3.05, 3.63) is 95.6 Å². The van der Waals surface area contributed by atoms with E-state index in [1.54, 1.807) is 12.1 Å². The van der Waals surface area contributed by atoms with Gasteiger partial charge in [-0.05, 0) is 72.6 Å². The van der Waals surface area contributed by atoms with E-state index in [0.717, 1.165) is 34.6 Å². The van der Waals surface area contributed by atoms with Crippen LogP contribution < -0.4 is 8.92 Å². The minimum atomic E-state index is -5.75. The molecule has 0 spiro atoms. The quantitative estimate of drug-likeness (QED) is 0.181. The van der Waals surface area contributed by atoms with Crippen LogP contribution in [-0.2, 0) is 10.1 Å². The van der Waals surface area contributed by atoms with Gasteiger partial charge in [-0.2, -0.15) is 21.6 Å². The highest BCUT2D eigenvalue weighted by Gasteiger charge is 2.48. The average molecular weight is 520 g/mol. The molecular formula is C27H28F3NO4S. The van der Waals surface area contributed by atoms with Crippen LogP contribution in [0, 0.1) is 0 Å². The molecule has 0 radical (unpaired) electrons. The van der Waals surface area contributed by atoms with Crippen molar-refractivity contribution in [2.75, 3.05) is 27.2 Å². The van der Waals surface area contributed by atoms with E-state index < -0.39 is 21.4 Å². The van der Waals surface area contributed by atoms with Crippen LogP contribution in [0.1, 0.15) is 30.0 Å². The number of alkyl halides is 3. The monoisotopic (exact) mass is 519 g/mol. The third-order valence-electron chi connectivity index (χ3n) is 5.36. The first-order valence-corrected chi connectivity index (χ1v) is 12.7. The van der Waals surface area contributed by atoms with Crippen LogP contribution in [0.4, 0.5) is 13.2 Å². The van der Waals surface area contributed by atoms with Crippen LogP contribution in [0.3, 0.4) is 0 Å². The zero-order valence-electron chi connectivity index (χ0n) is 20.2. The third kappa shape index (κ3) is 6.89. The van der Waals surface area contributed by atoms with Crippen LogP contribution >= 0.6 is 0 Å². The lowest BCUT2D eigenvalue weighted by atomic mass is 9.88. The molecule has 9 heteroatoms. The van der Waals surface area contributed by atoms with Crippen molar-refractivity contribution in [1.82, 2.24) is 4.90 Å². The Morgan fingerprint density at radius 3 is 1.81 bits per heavy atom. The summed E-state index contributed by atoms with van der Waals surface area (Å²) in [4.78, 5) is 2.02. The molecule has 3 rings (SSSR count). The van der Waals surface area contributed by atoms with E-state index in [-0.39, 0.29) is 0 Å². The number of likely N-dealkylation sites (N-methyl/N-ethyl adjacent to an activating group) is 1. The van der Waals surface area contributed by atoms with Crippen LogP contribution in [0.5, 0.6) is 11.5 Å². The summed E-state index contributed by atoms with van der Waals surface area (Å²) in [6.45, 7) is 3.34. The standard InChI is InChI=1S/C27H28F3NO4S/c1-4-25(20-8-6-5-7-9-20)26(21-10-14-23(15-11-21)34-19-18-31(2)3)22-12-16-24(17-13-22)35-36(32,33)27(28,29)30/h5-17H,4,18-19H2,1-3H3/b26-25+. The molecule has 0 aliphatic rings. The van der Waals surface area contributed by atoms with Crippen LogP contribution in [0.2, 0.25) is 0 Å². The molecule has 0 aliphatic heterocycles. The maximum absolute atomic E-state index is 12.7. The van der Waals surface area contributed by atoms with Gasteiger partial charge in [-0.3, -0.25) is 0 Å². The zero-order chi connectivity index (χ0) is 26.3. The highest BCUT2D eigenvalue weighted by atomic mass is 32.2. The molecule has 0 heterocycles. The van der Waals surface area contributed by atoms with Gasteiger partial charge in [0.05, 0.1) is 0 Å². The molecular weight excluding hydrogens is 491 g/mol. The second-order valence-electron chi connectivity index (χ2n) is 8.26. The first kappa shape index (κ1) is 27.3. The number of nitrogens with zero attached hydrogens (tertiary/aromatic N) is 1. The molecule has 0 bridgehead atoms. The maximum Gasteiger partial charge on any atom is 0.534 e. The predicted molar refractivity (Wildman–Crippen MR) is 135 cm³/mol. The summed E-state index contributed by atoms with van der Waals surface area (Å²) < 4.78 is 70.9. The van der Waals surface area contributed by atoms with Crippen molar-refractivity contribution in [3.8, 4) is 11.5 Å². The van der Waals surface area contributed by atoms with E-state index in [1.165, 1.54) is 12.1 Å². The van der Waals surface area contributed by atoms with E-state index in [1.807, 2.05) is 80.5 Å².